The van der Waals surface area contributed by atoms with E-state index in [9.17, 15) is 25.2 Å². The van der Waals surface area contributed by atoms with E-state index in [0.717, 1.165) is 12.1 Å². The standard InChI is InChI=1S/C10H7NO6/c12-4-1-3(10(16)17)11-8-5(13)2-6(14)9(15)7(4)8/h1-2,13-15H,(H,11,12)(H,16,17). The van der Waals surface area contributed by atoms with E-state index >= 15 is 0 Å². The van der Waals surface area contributed by atoms with Crippen LogP contribution in [0.15, 0.2) is 12.1 Å². The summed E-state index contributed by atoms with van der Waals surface area (Å²) in [5.74, 6) is -3.87. The predicted octanol–water partition coefficient (Wildman–Crippen LogP) is 0.755. The van der Waals surface area contributed by atoms with Crippen molar-refractivity contribution in [1.82, 2.24) is 4.98 Å². The average Bonchev–Trinajstić information content (AvgIpc) is 2.25. The van der Waals surface area contributed by atoms with Crippen molar-refractivity contribution >= 4 is 16.9 Å². The Morgan fingerprint density at radius 2 is 1.65 bits per heavy atom. The number of pyridine rings is 1. The van der Waals surface area contributed by atoms with Gasteiger partial charge in [-0.3, -0.25) is 0 Å². The van der Waals surface area contributed by atoms with Gasteiger partial charge in [0.1, 0.15) is 17.0 Å². The van der Waals surface area contributed by atoms with Crippen LogP contribution in [-0.2, 0) is 0 Å². The highest BCUT2D eigenvalue weighted by Crippen LogP contribution is 2.42. The number of hydrogen-bond donors (Lipinski definition) is 5. The Labute approximate surface area is 93.8 Å². The van der Waals surface area contributed by atoms with Gasteiger partial charge in [-0.25, -0.2) is 9.78 Å². The lowest BCUT2D eigenvalue weighted by Gasteiger charge is -2.07. The molecule has 5 N–H and O–H groups in total. The molecule has 0 saturated heterocycles. The maximum Gasteiger partial charge on any atom is 0.354 e. The molecule has 0 unspecified atom stereocenters. The number of fused-ring (bicyclic) bond motifs is 1. The Balaban J connectivity index is 2.95. The first-order valence-corrected chi connectivity index (χ1v) is 4.42. The Kier molecular flexibility index (Phi) is 2.17. The normalized spacial score (nSPS) is 10.6. The number of aromatic hydroxyl groups is 4. The zero-order valence-electron chi connectivity index (χ0n) is 8.25. The molecule has 1 heterocycles. The number of nitrogens with zero attached hydrogens (tertiary/aromatic N) is 1. The summed E-state index contributed by atoms with van der Waals surface area (Å²) >= 11 is 0. The maximum absolute atomic E-state index is 10.7. The first kappa shape index (κ1) is 10.8. The molecule has 0 fully saturated rings. The van der Waals surface area contributed by atoms with E-state index in [-0.39, 0.29) is 10.9 Å². The first-order chi connectivity index (χ1) is 7.91. The number of hydrogen-bond acceptors (Lipinski definition) is 6. The Hall–Kier alpha value is -2.70. The van der Waals surface area contributed by atoms with E-state index in [2.05, 4.69) is 4.98 Å². The fourth-order valence-electron chi connectivity index (χ4n) is 1.45. The summed E-state index contributed by atoms with van der Waals surface area (Å²) in [4.78, 5) is 14.2. The second-order valence-electron chi connectivity index (χ2n) is 3.32. The summed E-state index contributed by atoms with van der Waals surface area (Å²) in [7, 11) is 0. The predicted molar refractivity (Wildman–Crippen MR) is 55.4 cm³/mol. The number of carbonyl (C=O) groups is 1. The zero-order chi connectivity index (χ0) is 12.7. The van der Waals surface area contributed by atoms with Crippen LogP contribution in [-0.4, -0.2) is 36.5 Å². The molecule has 0 aliphatic heterocycles. The Morgan fingerprint density at radius 3 is 2.24 bits per heavy atom. The van der Waals surface area contributed by atoms with Gasteiger partial charge in [0.2, 0.25) is 0 Å². The Morgan fingerprint density at radius 1 is 1.00 bits per heavy atom. The van der Waals surface area contributed by atoms with E-state index in [1.54, 1.807) is 0 Å². The molecule has 0 spiro atoms. The van der Waals surface area contributed by atoms with Crippen molar-refractivity contribution in [3.05, 3.63) is 17.8 Å². The summed E-state index contributed by atoms with van der Waals surface area (Å²) in [6.07, 6.45) is 0. The van der Waals surface area contributed by atoms with E-state index < -0.39 is 34.7 Å². The smallest absolute Gasteiger partial charge is 0.354 e. The number of phenolic OH excluding ortho intramolecular Hbond substituents is 3. The van der Waals surface area contributed by atoms with Gasteiger partial charge in [-0.15, -0.1) is 0 Å². The van der Waals surface area contributed by atoms with E-state index in [1.165, 1.54) is 0 Å². The number of carboxylic acid groups (broad SMARTS) is 1. The monoisotopic (exact) mass is 237 g/mol. The molecule has 2 rings (SSSR count). The minimum Gasteiger partial charge on any atom is -0.507 e. The molecule has 0 radical (unpaired) electrons. The van der Waals surface area contributed by atoms with Crippen LogP contribution in [0.3, 0.4) is 0 Å². The van der Waals surface area contributed by atoms with Crippen molar-refractivity contribution < 1.29 is 30.3 Å². The van der Waals surface area contributed by atoms with Crippen LogP contribution in [0.5, 0.6) is 23.0 Å². The van der Waals surface area contributed by atoms with Crippen molar-refractivity contribution in [3.8, 4) is 23.0 Å². The van der Waals surface area contributed by atoms with E-state index in [4.69, 9.17) is 5.11 Å². The average molecular weight is 237 g/mol. The number of phenols is 3. The third-order valence-corrected chi connectivity index (χ3v) is 2.21. The summed E-state index contributed by atoms with van der Waals surface area (Å²) in [6.45, 7) is 0. The SMILES string of the molecule is O=C(O)c1cc(O)c2c(O)c(O)cc(O)c2n1. The van der Waals surface area contributed by atoms with Gasteiger partial charge in [0.05, 0.1) is 5.39 Å². The topological polar surface area (TPSA) is 131 Å². The van der Waals surface area contributed by atoms with Gasteiger partial charge >= 0.3 is 5.97 Å². The van der Waals surface area contributed by atoms with E-state index in [0.29, 0.717) is 0 Å². The minimum atomic E-state index is -1.39. The minimum absolute atomic E-state index is 0.308. The number of aromatic nitrogens is 1. The van der Waals surface area contributed by atoms with Crippen LogP contribution in [0, 0.1) is 0 Å². The van der Waals surface area contributed by atoms with Crippen LogP contribution in [0.2, 0.25) is 0 Å². The summed E-state index contributed by atoms with van der Waals surface area (Å²) < 4.78 is 0. The molecule has 7 nitrogen and oxygen atoms in total. The fourth-order valence-corrected chi connectivity index (χ4v) is 1.45. The molecule has 7 heteroatoms. The lowest BCUT2D eigenvalue weighted by molar-refractivity contribution is 0.0690. The molecular formula is C10H7NO6. The lowest BCUT2D eigenvalue weighted by Crippen LogP contribution is -2.00. The summed E-state index contributed by atoms with van der Waals surface area (Å²) in [5, 5.41) is 46.1. The molecule has 0 saturated carbocycles. The van der Waals surface area contributed by atoms with Gasteiger partial charge in [-0.05, 0) is 0 Å². The van der Waals surface area contributed by atoms with Crippen molar-refractivity contribution in [1.29, 1.82) is 0 Å². The van der Waals surface area contributed by atoms with Crippen LogP contribution in [0.1, 0.15) is 10.5 Å². The van der Waals surface area contributed by atoms with Crippen LogP contribution >= 0.6 is 0 Å². The van der Waals surface area contributed by atoms with Gasteiger partial charge in [-0.1, -0.05) is 0 Å². The number of carboxylic acids is 1. The van der Waals surface area contributed by atoms with Gasteiger partial charge in [0.25, 0.3) is 0 Å². The summed E-state index contributed by atoms with van der Waals surface area (Å²) in [6, 6.07) is 1.61. The van der Waals surface area contributed by atoms with Crippen LogP contribution < -0.4 is 0 Å². The highest BCUT2D eigenvalue weighted by Gasteiger charge is 2.18. The molecule has 17 heavy (non-hydrogen) atoms. The van der Waals surface area contributed by atoms with Crippen LogP contribution in [0.25, 0.3) is 10.9 Å². The van der Waals surface area contributed by atoms with Gasteiger partial charge in [0.15, 0.2) is 17.2 Å². The molecule has 0 aliphatic rings. The second kappa shape index (κ2) is 3.41. The molecule has 2 aromatic rings. The quantitative estimate of drug-likeness (QED) is 0.365. The highest BCUT2D eigenvalue weighted by molar-refractivity contribution is 5.99. The van der Waals surface area contributed by atoms with E-state index in [1.807, 2.05) is 0 Å². The number of aromatic carboxylic acids is 1. The third kappa shape index (κ3) is 1.53. The zero-order valence-corrected chi connectivity index (χ0v) is 8.25. The second-order valence-corrected chi connectivity index (χ2v) is 3.32. The molecule has 1 aromatic heterocycles. The van der Waals surface area contributed by atoms with Gasteiger partial charge in [0, 0.05) is 12.1 Å². The van der Waals surface area contributed by atoms with Crippen molar-refractivity contribution in [3.63, 3.8) is 0 Å². The van der Waals surface area contributed by atoms with Crippen LogP contribution in [0.4, 0.5) is 0 Å². The molecule has 0 aliphatic carbocycles. The third-order valence-electron chi connectivity index (χ3n) is 2.21. The largest absolute Gasteiger partial charge is 0.507 e. The van der Waals surface area contributed by atoms with Crippen molar-refractivity contribution in [2.24, 2.45) is 0 Å². The molecule has 88 valence electrons. The van der Waals surface area contributed by atoms with Crippen molar-refractivity contribution in [2.45, 2.75) is 0 Å². The molecule has 0 bridgehead atoms. The Bertz CT molecular complexity index is 636. The molecule has 0 amide bonds. The van der Waals surface area contributed by atoms with Gasteiger partial charge < -0.3 is 25.5 Å². The van der Waals surface area contributed by atoms with Crippen molar-refractivity contribution in [2.75, 3.05) is 0 Å². The first-order valence-electron chi connectivity index (χ1n) is 4.42. The molecular weight excluding hydrogens is 230 g/mol. The highest BCUT2D eigenvalue weighted by atomic mass is 16.4. The van der Waals surface area contributed by atoms with Gasteiger partial charge in [-0.2, -0.15) is 0 Å². The number of benzene rings is 1. The lowest BCUT2D eigenvalue weighted by atomic mass is 10.1. The molecule has 1 aromatic carbocycles. The summed E-state index contributed by atoms with van der Waals surface area (Å²) in [5.41, 5.74) is -0.798. The fraction of sp³-hybridized carbons (Fsp3) is 0. The number of rotatable bonds is 1. The maximum atomic E-state index is 10.7. The molecule has 0 atom stereocenters.